The van der Waals surface area contributed by atoms with E-state index in [1.54, 1.807) is 6.92 Å². The normalized spacial score (nSPS) is 14.0. The van der Waals surface area contributed by atoms with Crippen LogP contribution in [0.3, 0.4) is 0 Å². The van der Waals surface area contributed by atoms with Gasteiger partial charge in [-0.15, -0.1) is 0 Å². The molecule has 0 heterocycles. The topological polar surface area (TPSA) is 189 Å². The summed E-state index contributed by atoms with van der Waals surface area (Å²) in [6.07, 6.45) is 2.00. The Labute approximate surface area is 259 Å². The maximum atomic E-state index is 13.1. The average Bonchev–Trinajstić information content (AvgIpc) is 2.97. The standard InChI is InChI=1S/C30H48N6O6S/c1-19(2)11-13-30(4,5)29(42)36-24(15-21-9-7-6-8-10-21)27(40)33-17-25(38)32-16-22(31)26(39)35-23(12-14-37)28(41)34-20(3)18-43/h6-10,14,19-20,22-24,43H,11-13,15-18,31H2,1-5H3,(H,32,38)(H,33,40)(H,34,41)(H,35,39)(H,36,42). The summed E-state index contributed by atoms with van der Waals surface area (Å²) in [5, 5.41) is 12.9. The maximum absolute atomic E-state index is 13.1. The van der Waals surface area contributed by atoms with Gasteiger partial charge in [-0.25, -0.2) is 0 Å². The van der Waals surface area contributed by atoms with Gasteiger partial charge in [0.1, 0.15) is 24.4 Å². The number of benzene rings is 1. The highest BCUT2D eigenvalue weighted by molar-refractivity contribution is 7.80. The second-order valence-corrected chi connectivity index (χ2v) is 12.1. The van der Waals surface area contributed by atoms with E-state index in [1.165, 1.54) is 0 Å². The van der Waals surface area contributed by atoms with Gasteiger partial charge in [-0.05, 0) is 31.2 Å². The number of rotatable bonds is 19. The Balaban J connectivity index is 2.73. The monoisotopic (exact) mass is 620 g/mol. The second kappa shape index (κ2) is 19.0. The van der Waals surface area contributed by atoms with Gasteiger partial charge < -0.3 is 37.1 Å². The smallest absolute Gasteiger partial charge is 0.243 e. The number of carbonyl (C=O) groups excluding carboxylic acids is 6. The summed E-state index contributed by atoms with van der Waals surface area (Å²) in [7, 11) is 0. The molecule has 240 valence electrons. The number of carbonyl (C=O) groups is 6. The summed E-state index contributed by atoms with van der Waals surface area (Å²) in [6, 6.07) is 5.68. The molecule has 7 N–H and O–H groups in total. The molecule has 0 saturated carbocycles. The van der Waals surface area contributed by atoms with E-state index in [4.69, 9.17) is 5.73 Å². The molecule has 0 saturated heterocycles. The van der Waals surface area contributed by atoms with Crippen LogP contribution in [0.4, 0.5) is 0 Å². The van der Waals surface area contributed by atoms with Crippen LogP contribution in [-0.4, -0.2) is 78.8 Å². The Morgan fingerprint density at radius 1 is 0.907 bits per heavy atom. The van der Waals surface area contributed by atoms with Crippen molar-refractivity contribution in [2.24, 2.45) is 17.1 Å². The van der Waals surface area contributed by atoms with Crippen LogP contribution in [0.1, 0.15) is 59.4 Å². The Morgan fingerprint density at radius 2 is 1.56 bits per heavy atom. The van der Waals surface area contributed by atoms with E-state index >= 15 is 0 Å². The molecule has 1 aromatic rings. The quantitative estimate of drug-likeness (QED) is 0.0852. The van der Waals surface area contributed by atoms with E-state index in [2.05, 4.69) is 53.1 Å². The van der Waals surface area contributed by atoms with Crippen LogP contribution < -0.4 is 32.3 Å². The third-order valence-electron chi connectivity index (χ3n) is 6.77. The van der Waals surface area contributed by atoms with Crippen molar-refractivity contribution in [2.75, 3.05) is 18.8 Å². The van der Waals surface area contributed by atoms with Crippen molar-refractivity contribution in [3.05, 3.63) is 35.9 Å². The minimum Gasteiger partial charge on any atom is -0.352 e. The van der Waals surface area contributed by atoms with Crippen LogP contribution in [0.5, 0.6) is 0 Å². The Kier molecular flexibility index (Phi) is 16.6. The predicted molar refractivity (Wildman–Crippen MR) is 168 cm³/mol. The highest BCUT2D eigenvalue weighted by Gasteiger charge is 2.32. The fourth-order valence-electron chi connectivity index (χ4n) is 3.84. The minimum absolute atomic E-state index is 0.230. The zero-order valence-electron chi connectivity index (χ0n) is 25.8. The molecular formula is C30H48N6O6S. The van der Waals surface area contributed by atoms with Crippen molar-refractivity contribution in [1.82, 2.24) is 26.6 Å². The van der Waals surface area contributed by atoms with E-state index in [1.807, 2.05) is 44.2 Å². The van der Waals surface area contributed by atoms with Crippen molar-refractivity contribution in [3.63, 3.8) is 0 Å². The van der Waals surface area contributed by atoms with Crippen molar-refractivity contribution in [3.8, 4) is 0 Å². The second-order valence-electron chi connectivity index (χ2n) is 11.7. The van der Waals surface area contributed by atoms with Crippen LogP contribution in [-0.2, 0) is 35.2 Å². The molecule has 5 amide bonds. The zero-order chi connectivity index (χ0) is 32.6. The predicted octanol–water partition coefficient (Wildman–Crippen LogP) is 0.244. The molecule has 0 aliphatic carbocycles. The molecular weight excluding hydrogens is 572 g/mol. The van der Waals surface area contributed by atoms with Gasteiger partial charge in [-0.3, -0.25) is 24.0 Å². The number of nitrogens with two attached hydrogens (primary N) is 1. The molecule has 0 radical (unpaired) electrons. The van der Waals surface area contributed by atoms with Crippen LogP contribution in [0.2, 0.25) is 0 Å². The first kappa shape index (κ1) is 37.6. The van der Waals surface area contributed by atoms with Gasteiger partial charge in [0.25, 0.3) is 0 Å². The first-order chi connectivity index (χ1) is 20.2. The Hall–Kier alpha value is -3.45. The number of nitrogens with one attached hydrogen (secondary N) is 5. The fraction of sp³-hybridized carbons (Fsp3) is 0.600. The molecule has 13 heteroatoms. The summed E-state index contributed by atoms with van der Waals surface area (Å²) in [5.41, 5.74) is 6.02. The van der Waals surface area contributed by atoms with Crippen LogP contribution >= 0.6 is 12.6 Å². The van der Waals surface area contributed by atoms with Gasteiger partial charge in [0.2, 0.25) is 29.5 Å². The van der Waals surface area contributed by atoms with Crippen molar-refractivity contribution < 1.29 is 28.8 Å². The third kappa shape index (κ3) is 14.5. The molecule has 0 aliphatic heterocycles. The molecule has 0 fully saturated rings. The summed E-state index contributed by atoms with van der Waals surface area (Å²) in [5.74, 6) is -1.90. The molecule has 0 spiro atoms. The molecule has 4 unspecified atom stereocenters. The van der Waals surface area contributed by atoms with Gasteiger partial charge in [0.05, 0.1) is 6.54 Å². The van der Waals surface area contributed by atoms with Crippen LogP contribution in [0, 0.1) is 11.3 Å². The molecule has 12 nitrogen and oxygen atoms in total. The lowest BCUT2D eigenvalue weighted by Crippen LogP contribution is -2.56. The molecule has 0 aromatic heterocycles. The van der Waals surface area contributed by atoms with Gasteiger partial charge in [-0.2, -0.15) is 12.6 Å². The highest BCUT2D eigenvalue weighted by Crippen LogP contribution is 2.25. The number of hydrogen-bond acceptors (Lipinski definition) is 8. The SMILES string of the molecule is CC(C)CCC(C)(C)C(=O)NC(Cc1ccccc1)C(=O)NCC(=O)NCC(N)C(=O)NC(CC=O)C(=O)NC(C)CS. The van der Waals surface area contributed by atoms with Crippen molar-refractivity contribution in [2.45, 2.75) is 84.5 Å². The van der Waals surface area contributed by atoms with Gasteiger partial charge in [-0.1, -0.05) is 58.0 Å². The average molecular weight is 621 g/mol. The summed E-state index contributed by atoms with van der Waals surface area (Å²) in [4.78, 5) is 74.5. The maximum Gasteiger partial charge on any atom is 0.243 e. The highest BCUT2D eigenvalue weighted by atomic mass is 32.1. The molecule has 4 atom stereocenters. The van der Waals surface area contributed by atoms with Gasteiger partial charge >= 0.3 is 0 Å². The van der Waals surface area contributed by atoms with Crippen LogP contribution in [0.15, 0.2) is 30.3 Å². The van der Waals surface area contributed by atoms with Gasteiger partial charge in [0.15, 0.2) is 0 Å². The largest absolute Gasteiger partial charge is 0.352 e. The van der Waals surface area contributed by atoms with E-state index in [0.29, 0.717) is 24.4 Å². The van der Waals surface area contributed by atoms with E-state index in [0.717, 1.165) is 12.0 Å². The van der Waals surface area contributed by atoms with E-state index in [9.17, 15) is 28.8 Å². The molecule has 1 aromatic carbocycles. The minimum atomic E-state index is -1.22. The fourth-order valence-corrected chi connectivity index (χ4v) is 3.93. The van der Waals surface area contributed by atoms with E-state index in [-0.39, 0.29) is 31.3 Å². The molecule has 0 bridgehead atoms. The zero-order valence-corrected chi connectivity index (χ0v) is 26.7. The Bertz CT molecular complexity index is 1080. The lowest BCUT2D eigenvalue weighted by atomic mass is 9.84. The third-order valence-corrected chi connectivity index (χ3v) is 7.32. The summed E-state index contributed by atoms with van der Waals surface area (Å²) in [6.45, 7) is 8.87. The first-order valence-corrected chi connectivity index (χ1v) is 15.1. The number of aldehydes is 1. The van der Waals surface area contributed by atoms with Crippen LogP contribution in [0.25, 0.3) is 0 Å². The lowest BCUT2D eigenvalue weighted by Gasteiger charge is -2.28. The number of thiol groups is 1. The number of amides is 5. The van der Waals surface area contributed by atoms with Crippen molar-refractivity contribution >= 4 is 48.5 Å². The summed E-state index contributed by atoms with van der Waals surface area (Å²) < 4.78 is 0. The summed E-state index contributed by atoms with van der Waals surface area (Å²) >= 11 is 4.09. The van der Waals surface area contributed by atoms with Crippen molar-refractivity contribution in [1.29, 1.82) is 0 Å². The Morgan fingerprint density at radius 3 is 2.14 bits per heavy atom. The molecule has 0 aliphatic rings. The number of hydrogen-bond donors (Lipinski definition) is 7. The van der Waals surface area contributed by atoms with E-state index < -0.39 is 53.7 Å². The molecule has 43 heavy (non-hydrogen) atoms. The lowest BCUT2D eigenvalue weighted by molar-refractivity contribution is -0.134. The first-order valence-electron chi connectivity index (χ1n) is 14.5. The van der Waals surface area contributed by atoms with Gasteiger partial charge in [0, 0.05) is 36.6 Å². The molecule has 1 rings (SSSR count).